The van der Waals surface area contributed by atoms with Crippen molar-refractivity contribution in [3.63, 3.8) is 0 Å². The van der Waals surface area contributed by atoms with Crippen molar-refractivity contribution in [2.75, 3.05) is 21.3 Å². The third-order valence-electron chi connectivity index (χ3n) is 4.90. The number of benzene rings is 3. The summed E-state index contributed by atoms with van der Waals surface area (Å²) in [6.45, 7) is -0.121. The number of methoxy groups -OCH3 is 3. The zero-order valence-electron chi connectivity index (χ0n) is 18.1. The molecule has 10 heteroatoms. The molecule has 0 aliphatic heterocycles. The maximum Gasteiger partial charge on any atom is 0.320 e. The van der Waals surface area contributed by atoms with E-state index in [0.717, 1.165) is 11.1 Å². The third-order valence-corrected chi connectivity index (χ3v) is 6.11. The van der Waals surface area contributed by atoms with Gasteiger partial charge in [-0.15, -0.1) is 0 Å². The highest BCUT2D eigenvalue weighted by Crippen LogP contribution is 2.46. The lowest BCUT2D eigenvalue weighted by Gasteiger charge is -2.18. The maximum atomic E-state index is 13.4. The summed E-state index contributed by atoms with van der Waals surface area (Å²) in [5, 5.41) is 11.8. The molecular weight excluding hydrogens is 452 g/mol. The number of nitro benzene ring substituents is 1. The predicted molar refractivity (Wildman–Crippen MR) is 118 cm³/mol. The van der Waals surface area contributed by atoms with E-state index in [1.165, 1.54) is 51.7 Å². The molecule has 0 saturated heterocycles. The second-order valence-corrected chi connectivity index (χ2v) is 7.95. The second-order valence-electron chi connectivity index (χ2n) is 6.85. The molecular formula is C23H21F2NO6Si. The van der Waals surface area contributed by atoms with Crippen LogP contribution in [0.15, 0.2) is 54.6 Å². The molecule has 3 aromatic carbocycles. The molecule has 7 nitrogen and oxygen atoms in total. The van der Waals surface area contributed by atoms with E-state index >= 15 is 0 Å². The Morgan fingerprint density at radius 1 is 0.879 bits per heavy atom. The van der Waals surface area contributed by atoms with Crippen molar-refractivity contribution in [1.29, 1.82) is 0 Å². The monoisotopic (exact) mass is 473 g/mol. The van der Waals surface area contributed by atoms with Crippen LogP contribution in [0.1, 0.15) is 22.2 Å². The van der Waals surface area contributed by atoms with Crippen molar-refractivity contribution >= 4 is 15.5 Å². The van der Waals surface area contributed by atoms with Gasteiger partial charge in [-0.1, -0.05) is 24.3 Å². The van der Waals surface area contributed by atoms with Gasteiger partial charge in [-0.25, -0.2) is 8.78 Å². The van der Waals surface area contributed by atoms with Gasteiger partial charge in [0.15, 0.2) is 5.75 Å². The number of hydrogen-bond donors (Lipinski definition) is 0. The van der Waals surface area contributed by atoms with E-state index < -0.39 is 4.92 Å². The third kappa shape index (κ3) is 5.47. The normalized spacial score (nSPS) is 10.8. The number of ether oxygens (including phenoxy) is 3. The van der Waals surface area contributed by atoms with E-state index in [-0.39, 0.29) is 62.0 Å². The minimum Gasteiger partial charge on any atom is -0.493 e. The summed E-state index contributed by atoms with van der Waals surface area (Å²) in [5.41, 5.74) is 1.15. The maximum absolute atomic E-state index is 13.4. The Balaban J connectivity index is 1.91. The van der Waals surface area contributed by atoms with Crippen LogP contribution in [-0.4, -0.2) is 36.0 Å². The Hall–Kier alpha value is -3.50. The number of halogens is 2. The van der Waals surface area contributed by atoms with Crippen molar-refractivity contribution in [1.82, 2.24) is 0 Å². The van der Waals surface area contributed by atoms with E-state index in [1.54, 1.807) is 24.3 Å². The highest BCUT2D eigenvalue weighted by molar-refractivity contribution is 6.31. The lowest BCUT2D eigenvalue weighted by molar-refractivity contribution is -0.386. The molecule has 0 aliphatic carbocycles. The molecule has 3 aromatic rings. The molecule has 0 saturated carbocycles. The summed E-state index contributed by atoms with van der Waals surface area (Å²) in [4.78, 5) is 11.2. The van der Waals surface area contributed by atoms with Crippen molar-refractivity contribution < 1.29 is 32.3 Å². The molecule has 0 atom stereocenters. The number of rotatable bonds is 10. The van der Waals surface area contributed by atoms with Gasteiger partial charge in [0.25, 0.3) is 0 Å². The Bertz CT molecular complexity index is 1060. The van der Waals surface area contributed by atoms with Gasteiger partial charge in [0.05, 0.1) is 38.4 Å². The first-order valence-corrected chi connectivity index (χ1v) is 10.7. The van der Waals surface area contributed by atoms with E-state index in [2.05, 4.69) is 0 Å². The molecule has 0 heterocycles. The summed E-state index contributed by atoms with van der Waals surface area (Å²) in [7, 11) is 3.87. The molecule has 172 valence electrons. The molecule has 0 N–H and O–H groups in total. The van der Waals surface area contributed by atoms with Crippen LogP contribution in [0.5, 0.6) is 17.2 Å². The molecule has 0 aromatic heterocycles. The first-order valence-electron chi connectivity index (χ1n) is 9.74. The first kappa shape index (κ1) is 24.1. The topological polar surface area (TPSA) is 80.1 Å². The fourth-order valence-electron chi connectivity index (χ4n) is 3.34. The van der Waals surface area contributed by atoms with E-state index in [0.29, 0.717) is 0 Å². The van der Waals surface area contributed by atoms with Crippen LogP contribution in [-0.2, 0) is 11.0 Å². The van der Waals surface area contributed by atoms with Crippen LogP contribution in [0.3, 0.4) is 0 Å². The van der Waals surface area contributed by atoms with Gasteiger partial charge in [-0.05, 0) is 41.5 Å². The highest BCUT2D eigenvalue weighted by atomic mass is 28.2. The van der Waals surface area contributed by atoms with Gasteiger partial charge < -0.3 is 18.6 Å². The molecule has 0 fully saturated rings. The Morgan fingerprint density at radius 3 is 1.82 bits per heavy atom. The molecule has 3 rings (SSSR count). The fourth-order valence-corrected chi connectivity index (χ4v) is 4.41. The molecule has 0 spiro atoms. The molecule has 33 heavy (non-hydrogen) atoms. The predicted octanol–water partition coefficient (Wildman–Crippen LogP) is 4.82. The van der Waals surface area contributed by atoms with Gasteiger partial charge in [-0.2, -0.15) is 0 Å². The van der Waals surface area contributed by atoms with Gasteiger partial charge in [0.1, 0.15) is 11.6 Å². The number of nitrogens with zero attached hydrogens (tertiary/aromatic N) is 1. The average Bonchev–Trinajstić information content (AvgIpc) is 2.82. The highest BCUT2D eigenvalue weighted by Gasteiger charge is 2.29. The van der Waals surface area contributed by atoms with Crippen molar-refractivity contribution in [3.05, 3.63) is 93.0 Å². The average molecular weight is 474 g/mol. The largest absolute Gasteiger partial charge is 0.493 e. The van der Waals surface area contributed by atoms with Crippen LogP contribution >= 0.6 is 0 Å². The van der Waals surface area contributed by atoms with Gasteiger partial charge in [-0.3, -0.25) is 10.1 Å². The fraction of sp³-hybridized carbons (Fsp3) is 0.217. The smallest absolute Gasteiger partial charge is 0.320 e. The van der Waals surface area contributed by atoms with Crippen molar-refractivity contribution in [3.8, 4) is 17.2 Å². The molecule has 0 unspecified atom stereocenters. The van der Waals surface area contributed by atoms with Crippen LogP contribution in [0.2, 0.25) is 0 Å². The lowest BCUT2D eigenvalue weighted by Crippen LogP contribution is -2.14. The summed E-state index contributed by atoms with van der Waals surface area (Å²) >= 11 is 0. The summed E-state index contributed by atoms with van der Waals surface area (Å²) in [6, 6.07) is 13.3. The molecule has 0 bridgehead atoms. The Labute approximate surface area is 192 Å². The SMILES string of the molecule is COc1cc(CO[Si]C(c2ccc(F)cc2)c2ccc(F)cc2)c([N+](=O)[O-])c(OC)c1OC. The van der Waals surface area contributed by atoms with Gasteiger partial charge in [0.2, 0.25) is 21.3 Å². The molecule has 2 radical (unpaired) electrons. The van der Waals surface area contributed by atoms with Crippen LogP contribution in [0.4, 0.5) is 14.5 Å². The van der Waals surface area contributed by atoms with Gasteiger partial charge >= 0.3 is 5.69 Å². The van der Waals surface area contributed by atoms with Crippen LogP contribution in [0, 0.1) is 21.7 Å². The minimum atomic E-state index is -0.569. The first-order chi connectivity index (χ1) is 15.9. The Morgan fingerprint density at radius 2 is 1.39 bits per heavy atom. The van der Waals surface area contributed by atoms with Crippen LogP contribution < -0.4 is 14.2 Å². The number of nitro groups is 1. The van der Waals surface area contributed by atoms with E-state index in [4.69, 9.17) is 18.6 Å². The van der Waals surface area contributed by atoms with Crippen LogP contribution in [0.25, 0.3) is 0 Å². The second kappa shape index (κ2) is 10.9. The van der Waals surface area contributed by atoms with Gasteiger partial charge in [0, 0.05) is 5.54 Å². The van der Waals surface area contributed by atoms with Crippen molar-refractivity contribution in [2.24, 2.45) is 0 Å². The molecule has 0 amide bonds. The summed E-state index contributed by atoms with van der Waals surface area (Å²) < 4.78 is 48.5. The Kier molecular flexibility index (Phi) is 7.96. The quantitative estimate of drug-likeness (QED) is 0.239. The standard InChI is InChI=1S/C23H21F2NO6Si/c1-29-19-12-16(20(26(27)28)22(31-3)21(19)30-2)13-32-33-23(14-4-8-17(24)9-5-14)15-6-10-18(25)11-7-15/h4-12,23H,13H2,1-3H3. The van der Waals surface area contributed by atoms with E-state index in [9.17, 15) is 18.9 Å². The minimum absolute atomic E-state index is 0.0718. The lowest BCUT2D eigenvalue weighted by atomic mass is 10.0. The number of hydrogen-bond acceptors (Lipinski definition) is 6. The summed E-state index contributed by atoms with van der Waals surface area (Å²) in [6.07, 6.45) is 0. The molecule has 0 aliphatic rings. The van der Waals surface area contributed by atoms with E-state index in [1.807, 2.05) is 0 Å². The zero-order chi connectivity index (χ0) is 24.0. The zero-order valence-corrected chi connectivity index (χ0v) is 19.1. The van der Waals surface area contributed by atoms with Crippen molar-refractivity contribution in [2.45, 2.75) is 12.1 Å². The summed E-state index contributed by atoms with van der Waals surface area (Å²) in [5.74, 6) is -0.468.